The van der Waals surface area contributed by atoms with Gasteiger partial charge in [0.2, 0.25) is 0 Å². The summed E-state index contributed by atoms with van der Waals surface area (Å²) >= 11 is 0. The van der Waals surface area contributed by atoms with Gasteiger partial charge in [0.15, 0.2) is 0 Å². The van der Waals surface area contributed by atoms with Gasteiger partial charge in [-0.15, -0.1) is 0 Å². The zero-order valence-corrected chi connectivity index (χ0v) is 24.3. The summed E-state index contributed by atoms with van der Waals surface area (Å²) in [4.78, 5) is 93.6. The molecule has 0 unspecified atom stereocenters. The van der Waals surface area contributed by atoms with E-state index in [-0.39, 0.29) is 11.1 Å². The summed E-state index contributed by atoms with van der Waals surface area (Å²) in [7, 11) is 0. The predicted molar refractivity (Wildman–Crippen MR) is 155 cm³/mol. The smallest absolute Gasteiger partial charge is 0.457 e. The molecule has 0 amide bonds. The Morgan fingerprint density at radius 2 is 0.531 bits per heavy atom. The Kier molecular flexibility index (Phi) is 11.7. The molecule has 4 aromatic carbocycles. The molecule has 0 fully saturated rings. The van der Waals surface area contributed by atoms with Crippen molar-refractivity contribution in [3.63, 3.8) is 0 Å². The van der Waals surface area contributed by atoms with Crippen LogP contribution in [0.2, 0.25) is 0 Å². The van der Waals surface area contributed by atoms with Crippen molar-refractivity contribution in [3.8, 4) is 23.0 Å². The summed E-state index contributed by atoms with van der Waals surface area (Å²) in [6.07, 6.45) is -12.5. The summed E-state index contributed by atoms with van der Waals surface area (Å²) in [6, 6.07) is 27.8. The highest BCUT2D eigenvalue weighted by atomic mass is 16.9. The standard InChI is InChI=1S/C32H18O17/c33-25(19-11-15-23(16-12-19)41-21-7-3-1-4-8-21)43-27(35)45-29(37)47-31(39)49-32(40)48-30(38)46-28(36)44-26(34)20-13-17-24(18-14-20)42-22-9-5-2-6-10-22/h1-18H. The molecule has 0 bridgehead atoms. The topological polar surface area (TPSA) is 220 Å². The lowest BCUT2D eigenvalue weighted by Gasteiger charge is -2.07. The average molecular weight is 674 g/mol. The van der Waals surface area contributed by atoms with E-state index in [1.807, 2.05) is 0 Å². The summed E-state index contributed by atoms with van der Waals surface area (Å²) in [5.41, 5.74) is -0.312. The molecule has 0 aliphatic rings. The first kappa shape index (κ1) is 34.3. The average Bonchev–Trinajstić information content (AvgIpc) is 3.05. The normalized spacial score (nSPS) is 9.88. The molecule has 0 aliphatic carbocycles. The van der Waals surface area contributed by atoms with Gasteiger partial charge in [-0.2, -0.15) is 0 Å². The Morgan fingerprint density at radius 1 is 0.286 bits per heavy atom. The highest BCUT2D eigenvalue weighted by Gasteiger charge is 2.27. The third-order valence-corrected chi connectivity index (χ3v) is 5.32. The van der Waals surface area contributed by atoms with Gasteiger partial charge in [0.1, 0.15) is 23.0 Å². The molecule has 0 heterocycles. The second-order valence-corrected chi connectivity index (χ2v) is 8.67. The number of ether oxygens (including phenoxy) is 9. The fourth-order valence-electron chi connectivity index (χ4n) is 3.30. The van der Waals surface area contributed by atoms with E-state index >= 15 is 0 Å². The van der Waals surface area contributed by atoms with E-state index in [9.17, 15) is 38.4 Å². The van der Waals surface area contributed by atoms with Gasteiger partial charge in [0.05, 0.1) is 11.1 Å². The van der Waals surface area contributed by atoms with E-state index in [1.165, 1.54) is 48.5 Å². The minimum atomic E-state index is -2.19. The van der Waals surface area contributed by atoms with Gasteiger partial charge in [-0.05, 0) is 72.8 Å². The molecule has 0 saturated heterocycles. The fourth-order valence-corrected chi connectivity index (χ4v) is 3.30. The number of rotatable bonds is 6. The molecule has 0 aromatic heterocycles. The van der Waals surface area contributed by atoms with Crippen molar-refractivity contribution >= 4 is 48.9 Å². The second-order valence-electron chi connectivity index (χ2n) is 8.67. The molecule has 4 aromatic rings. The zero-order valence-electron chi connectivity index (χ0n) is 24.3. The molecular formula is C32H18O17. The highest BCUT2D eigenvalue weighted by molar-refractivity contribution is 5.98. The lowest BCUT2D eigenvalue weighted by Crippen LogP contribution is -2.25. The molecule has 0 aliphatic heterocycles. The van der Waals surface area contributed by atoms with Crippen molar-refractivity contribution in [1.82, 2.24) is 0 Å². The Morgan fingerprint density at radius 3 is 0.816 bits per heavy atom. The molecule has 0 saturated carbocycles. The van der Waals surface area contributed by atoms with Crippen LogP contribution in [0.1, 0.15) is 20.7 Å². The fraction of sp³-hybridized carbons (Fsp3) is 0. The van der Waals surface area contributed by atoms with Crippen LogP contribution in [-0.2, 0) is 33.2 Å². The largest absolute Gasteiger partial charge is 0.528 e. The van der Waals surface area contributed by atoms with Gasteiger partial charge >= 0.3 is 48.9 Å². The number of carbonyl (C=O) groups is 8. The molecule has 49 heavy (non-hydrogen) atoms. The minimum absolute atomic E-state index is 0.156. The quantitative estimate of drug-likeness (QED) is 0.113. The molecule has 0 N–H and O–H groups in total. The first-order chi connectivity index (χ1) is 23.5. The third-order valence-electron chi connectivity index (χ3n) is 5.32. The van der Waals surface area contributed by atoms with E-state index in [2.05, 4.69) is 33.2 Å². The van der Waals surface area contributed by atoms with Crippen LogP contribution in [0.25, 0.3) is 0 Å². The Balaban J connectivity index is 1.12. The van der Waals surface area contributed by atoms with Gasteiger partial charge in [0, 0.05) is 0 Å². The van der Waals surface area contributed by atoms with Crippen LogP contribution in [0, 0.1) is 0 Å². The molecule has 17 nitrogen and oxygen atoms in total. The van der Waals surface area contributed by atoms with Crippen LogP contribution in [0.3, 0.4) is 0 Å². The van der Waals surface area contributed by atoms with E-state index in [1.54, 1.807) is 60.7 Å². The van der Waals surface area contributed by atoms with E-state index in [0.717, 1.165) is 0 Å². The first-order valence-corrected chi connectivity index (χ1v) is 13.3. The Hall–Kier alpha value is -7.56. The van der Waals surface area contributed by atoms with Gasteiger partial charge in [-0.25, -0.2) is 38.4 Å². The predicted octanol–water partition coefficient (Wildman–Crippen LogP) is 7.09. The summed E-state index contributed by atoms with van der Waals surface area (Å²) < 4.78 is 38.9. The molecule has 248 valence electrons. The van der Waals surface area contributed by atoms with Crippen molar-refractivity contribution < 1.29 is 81.0 Å². The first-order valence-electron chi connectivity index (χ1n) is 13.3. The maximum Gasteiger partial charge on any atom is 0.528 e. The number of para-hydroxylation sites is 2. The number of hydrogen-bond donors (Lipinski definition) is 0. The van der Waals surface area contributed by atoms with Crippen molar-refractivity contribution in [2.45, 2.75) is 0 Å². The molecule has 0 spiro atoms. The van der Waals surface area contributed by atoms with Gasteiger partial charge in [-0.1, -0.05) is 36.4 Å². The Labute approximate surface area is 273 Å². The molecule has 17 heteroatoms. The maximum absolute atomic E-state index is 12.1. The van der Waals surface area contributed by atoms with Crippen LogP contribution in [-0.4, -0.2) is 48.9 Å². The third kappa shape index (κ3) is 11.4. The number of hydrogen-bond acceptors (Lipinski definition) is 17. The van der Waals surface area contributed by atoms with Gasteiger partial charge in [-0.3, -0.25) is 0 Å². The van der Waals surface area contributed by atoms with E-state index < -0.39 is 48.9 Å². The van der Waals surface area contributed by atoms with Crippen LogP contribution in [0.15, 0.2) is 109 Å². The second kappa shape index (κ2) is 16.7. The number of esters is 2. The van der Waals surface area contributed by atoms with Crippen LogP contribution in [0.5, 0.6) is 23.0 Å². The minimum Gasteiger partial charge on any atom is -0.457 e. The number of benzene rings is 4. The van der Waals surface area contributed by atoms with E-state index in [0.29, 0.717) is 23.0 Å². The lowest BCUT2D eigenvalue weighted by molar-refractivity contribution is 0.0218. The summed E-state index contributed by atoms with van der Waals surface area (Å²) in [5, 5.41) is 0. The summed E-state index contributed by atoms with van der Waals surface area (Å²) in [5.74, 6) is -0.785. The molecule has 4 rings (SSSR count). The van der Waals surface area contributed by atoms with Crippen LogP contribution in [0.4, 0.5) is 28.8 Å². The van der Waals surface area contributed by atoms with Crippen LogP contribution >= 0.6 is 0 Å². The lowest BCUT2D eigenvalue weighted by atomic mass is 10.2. The summed E-state index contributed by atoms with van der Waals surface area (Å²) in [6.45, 7) is 0. The highest BCUT2D eigenvalue weighted by Crippen LogP contribution is 2.22. The van der Waals surface area contributed by atoms with Crippen molar-refractivity contribution in [2.75, 3.05) is 0 Å². The number of carbonyl (C=O) groups excluding carboxylic acids is 8. The SMILES string of the molecule is O=C(OC(=O)OC(=O)OC(=O)OC(=O)c1ccc(Oc2ccccc2)cc1)OC(=O)OC(=O)OC(=O)c1ccc(Oc2ccccc2)cc1. The molecule has 0 atom stereocenters. The van der Waals surface area contributed by atoms with Gasteiger partial charge in [0.25, 0.3) is 0 Å². The molecule has 0 radical (unpaired) electrons. The Bertz CT molecular complexity index is 1710. The maximum atomic E-state index is 12.1. The van der Waals surface area contributed by atoms with Crippen molar-refractivity contribution in [1.29, 1.82) is 0 Å². The zero-order chi connectivity index (χ0) is 35.2. The van der Waals surface area contributed by atoms with Crippen LogP contribution < -0.4 is 9.47 Å². The monoisotopic (exact) mass is 674 g/mol. The van der Waals surface area contributed by atoms with E-state index in [4.69, 9.17) is 9.47 Å². The van der Waals surface area contributed by atoms with Crippen molar-refractivity contribution in [3.05, 3.63) is 120 Å². The van der Waals surface area contributed by atoms with Gasteiger partial charge < -0.3 is 42.6 Å². The van der Waals surface area contributed by atoms with Crippen molar-refractivity contribution in [2.24, 2.45) is 0 Å². The molecular weight excluding hydrogens is 656 g/mol.